The number of carbonyl (C=O) groups is 1. The summed E-state index contributed by atoms with van der Waals surface area (Å²) in [5.41, 5.74) is 1.13. The van der Waals surface area contributed by atoms with Gasteiger partial charge in [0.05, 0.1) is 6.54 Å². The molecule has 5 heteroatoms. The van der Waals surface area contributed by atoms with E-state index in [4.69, 9.17) is 0 Å². The van der Waals surface area contributed by atoms with E-state index in [2.05, 4.69) is 40.4 Å². The van der Waals surface area contributed by atoms with Gasteiger partial charge in [-0.05, 0) is 19.0 Å². The van der Waals surface area contributed by atoms with Gasteiger partial charge in [0.25, 0.3) is 0 Å². The summed E-state index contributed by atoms with van der Waals surface area (Å²) in [6.07, 6.45) is 2.85. The second-order valence-corrected chi connectivity index (χ2v) is 4.41. The lowest BCUT2D eigenvalue weighted by Gasteiger charge is -2.21. The maximum absolute atomic E-state index is 11.4. The van der Waals surface area contributed by atoms with Gasteiger partial charge in [0.15, 0.2) is 0 Å². The molecule has 1 aromatic rings. The van der Waals surface area contributed by atoms with Gasteiger partial charge in [0.2, 0.25) is 5.91 Å². The molecule has 1 rings (SSSR count). The van der Waals surface area contributed by atoms with Crippen LogP contribution < -0.4 is 10.6 Å². The monoisotopic (exact) mass is 264 g/mol. The molecule has 0 aromatic carbocycles. The molecule has 0 bridgehead atoms. The van der Waals surface area contributed by atoms with Crippen molar-refractivity contribution in [3.05, 3.63) is 23.9 Å². The predicted octanol–water partition coefficient (Wildman–Crippen LogP) is 1.47. The van der Waals surface area contributed by atoms with Crippen molar-refractivity contribution in [1.82, 2.24) is 15.2 Å². The Morgan fingerprint density at radius 2 is 2.21 bits per heavy atom. The molecule has 1 aromatic heterocycles. The quantitative estimate of drug-likeness (QED) is 0.746. The average Bonchev–Trinajstić information content (AvgIpc) is 2.45. The van der Waals surface area contributed by atoms with Crippen LogP contribution in [0.1, 0.15) is 25.8 Å². The lowest BCUT2D eigenvalue weighted by molar-refractivity contribution is -0.121. The summed E-state index contributed by atoms with van der Waals surface area (Å²) in [5.74, 6) is 0.952. The fourth-order valence-corrected chi connectivity index (χ4v) is 1.77. The van der Waals surface area contributed by atoms with E-state index in [1.54, 1.807) is 13.2 Å². The summed E-state index contributed by atoms with van der Waals surface area (Å²) in [4.78, 5) is 17.9. The van der Waals surface area contributed by atoms with Crippen LogP contribution in [0.2, 0.25) is 0 Å². The highest BCUT2D eigenvalue weighted by Gasteiger charge is 2.11. The first-order valence-electron chi connectivity index (χ1n) is 6.81. The molecule has 1 amide bonds. The molecule has 0 aliphatic heterocycles. The van der Waals surface area contributed by atoms with E-state index in [1.165, 1.54) is 0 Å². The number of nitrogens with one attached hydrogen (secondary N) is 2. The molecule has 0 saturated heterocycles. The molecule has 1 heterocycles. The van der Waals surface area contributed by atoms with E-state index in [1.807, 2.05) is 6.07 Å². The highest BCUT2D eigenvalue weighted by molar-refractivity contribution is 5.77. The Balaban J connectivity index is 2.70. The van der Waals surface area contributed by atoms with Crippen molar-refractivity contribution in [3.8, 4) is 0 Å². The molecule has 0 atom stereocenters. The van der Waals surface area contributed by atoms with Crippen molar-refractivity contribution in [3.63, 3.8) is 0 Å². The minimum atomic E-state index is 0.0359. The van der Waals surface area contributed by atoms with Crippen LogP contribution in [-0.4, -0.2) is 42.5 Å². The van der Waals surface area contributed by atoms with E-state index in [0.29, 0.717) is 6.54 Å². The molecule has 19 heavy (non-hydrogen) atoms. The Hall–Kier alpha value is -1.62. The molecule has 2 N–H and O–H groups in total. The van der Waals surface area contributed by atoms with Gasteiger partial charge in [-0.25, -0.2) is 4.98 Å². The summed E-state index contributed by atoms with van der Waals surface area (Å²) in [7, 11) is 1.66. The van der Waals surface area contributed by atoms with E-state index in [-0.39, 0.29) is 5.91 Å². The van der Waals surface area contributed by atoms with Crippen molar-refractivity contribution in [1.29, 1.82) is 0 Å². The van der Waals surface area contributed by atoms with Crippen molar-refractivity contribution < 1.29 is 4.79 Å². The van der Waals surface area contributed by atoms with E-state index in [0.717, 1.165) is 37.4 Å². The standard InChI is InChI=1S/C14H24N4O/c1-4-8-16-14-12(7-6-9-17-14)10-18(5-2)11-13(19)15-3/h6-7,9H,4-5,8,10-11H2,1-3H3,(H,15,19)(H,16,17). The minimum absolute atomic E-state index is 0.0359. The minimum Gasteiger partial charge on any atom is -0.370 e. The molecule has 0 unspecified atom stereocenters. The zero-order valence-corrected chi connectivity index (χ0v) is 12.1. The zero-order chi connectivity index (χ0) is 14.1. The number of likely N-dealkylation sites (N-methyl/N-ethyl adjacent to an activating group) is 2. The van der Waals surface area contributed by atoms with Crippen LogP contribution in [0.25, 0.3) is 0 Å². The number of nitrogens with zero attached hydrogens (tertiary/aromatic N) is 2. The first kappa shape index (κ1) is 15.4. The summed E-state index contributed by atoms with van der Waals surface area (Å²) in [5, 5.41) is 5.97. The van der Waals surface area contributed by atoms with Gasteiger partial charge in [-0.3, -0.25) is 9.69 Å². The van der Waals surface area contributed by atoms with Gasteiger partial charge in [0, 0.05) is 31.9 Å². The third-order valence-electron chi connectivity index (χ3n) is 2.92. The molecular formula is C14H24N4O. The van der Waals surface area contributed by atoms with Crippen LogP contribution in [-0.2, 0) is 11.3 Å². The molecule has 106 valence electrons. The summed E-state index contributed by atoms with van der Waals surface area (Å²) in [6, 6.07) is 3.98. The lowest BCUT2D eigenvalue weighted by atomic mass is 10.2. The predicted molar refractivity (Wildman–Crippen MR) is 78.0 cm³/mol. The number of hydrogen-bond acceptors (Lipinski definition) is 4. The first-order valence-corrected chi connectivity index (χ1v) is 6.81. The third kappa shape index (κ3) is 5.26. The number of carbonyl (C=O) groups excluding carboxylic acids is 1. The zero-order valence-electron chi connectivity index (χ0n) is 12.1. The topological polar surface area (TPSA) is 57.3 Å². The van der Waals surface area contributed by atoms with Crippen molar-refractivity contribution in [2.45, 2.75) is 26.8 Å². The molecule has 0 saturated carbocycles. The molecule has 0 spiro atoms. The van der Waals surface area contributed by atoms with Gasteiger partial charge in [0.1, 0.15) is 5.82 Å². The largest absolute Gasteiger partial charge is 0.370 e. The van der Waals surface area contributed by atoms with Gasteiger partial charge in [-0.2, -0.15) is 0 Å². The Bertz CT molecular complexity index is 395. The van der Waals surface area contributed by atoms with Gasteiger partial charge < -0.3 is 10.6 Å². The summed E-state index contributed by atoms with van der Waals surface area (Å²) < 4.78 is 0. The summed E-state index contributed by atoms with van der Waals surface area (Å²) in [6.45, 7) is 7.05. The maximum Gasteiger partial charge on any atom is 0.233 e. The number of anilines is 1. The lowest BCUT2D eigenvalue weighted by Crippen LogP contribution is -2.35. The highest BCUT2D eigenvalue weighted by atomic mass is 16.1. The van der Waals surface area contributed by atoms with Crippen molar-refractivity contribution in [2.75, 3.05) is 32.0 Å². The van der Waals surface area contributed by atoms with Crippen LogP contribution in [0.3, 0.4) is 0 Å². The van der Waals surface area contributed by atoms with Crippen LogP contribution >= 0.6 is 0 Å². The number of aromatic nitrogens is 1. The third-order valence-corrected chi connectivity index (χ3v) is 2.92. The Morgan fingerprint density at radius 3 is 2.84 bits per heavy atom. The maximum atomic E-state index is 11.4. The normalized spacial score (nSPS) is 10.5. The molecular weight excluding hydrogens is 240 g/mol. The molecule has 0 aliphatic carbocycles. The molecule has 5 nitrogen and oxygen atoms in total. The van der Waals surface area contributed by atoms with Crippen LogP contribution in [0.15, 0.2) is 18.3 Å². The number of hydrogen-bond donors (Lipinski definition) is 2. The Kier molecular flexibility index (Phi) is 6.89. The highest BCUT2D eigenvalue weighted by Crippen LogP contribution is 2.14. The van der Waals surface area contributed by atoms with Gasteiger partial charge in [-0.1, -0.05) is 19.9 Å². The SMILES string of the molecule is CCCNc1ncccc1CN(CC)CC(=O)NC. The van der Waals surface area contributed by atoms with E-state index < -0.39 is 0 Å². The number of pyridine rings is 1. The van der Waals surface area contributed by atoms with Crippen molar-refractivity contribution >= 4 is 11.7 Å². The van der Waals surface area contributed by atoms with E-state index >= 15 is 0 Å². The first-order chi connectivity index (χ1) is 9.21. The number of amides is 1. The van der Waals surface area contributed by atoms with Gasteiger partial charge in [-0.15, -0.1) is 0 Å². The fourth-order valence-electron chi connectivity index (χ4n) is 1.77. The summed E-state index contributed by atoms with van der Waals surface area (Å²) >= 11 is 0. The second-order valence-electron chi connectivity index (χ2n) is 4.41. The van der Waals surface area contributed by atoms with E-state index in [9.17, 15) is 4.79 Å². The fraction of sp³-hybridized carbons (Fsp3) is 0.571. The molecule has 0 radical (unpaired) electrons. The van der Waals surface area contributed by atoms with Crippen molar-refractivity contribution in [2.24, 2.45) is 0 Å². The van der Waals surface area contributed by atoms with Crippen LogP contribution in [0.5, 0.6) is 0 Å². The average molecular weight is 264 g/mol. The second kappa shape index (κ2) is 8.48. The van der Waals surface area contributed by atoms with Crippen LogP contribution in [0.4, 0.5) is 5.82 Å². The molecule has 0 fully saturated rings. The molecule has 0 aliphatic rings. The number of rotatable bonds is 8. The smallest absolute Gasteiger partial charge is 0.233 e. The Labute approximate surface area is 115 Å². The van der Waals surface area contributed by atoms with Crippen LogP contribution in [0, 0.1) is 0 Å². The Morgan fingerprint density at radius 1 is 1.42 bits per heavy atom. The van der Waals surface area contributed by atoms with Gasteiger partial charge >= 0.3 is 0 Å².